The molecular weight excluding hydrogens is 266 g/mol. The SMILES string of the molecule is CSC(CO)C(C)Nc1ccc(C#N)cc1[N+](=O)[O-]. The average Bonchev–Trinajstić information content (AvgIpc) is 2.40. The second-order valence-electron chi connectivity index (χ2n) is 3.99. The molecule has 2 unspecified atom stereocenters. The first-order chi connectivity index (χ1) is 9.03. The highest BCUT2D eigenvalue weighted by Crippen LogP contribution is 2.27. The first-order valence-electron chi connectivity index (χ1n) is 5.62. The highest BCUT2D eigenvalue weighted by Gasteiger charge is 2.20. The summed E-state index contributed by atoms with van der Waals surface area (Å²) in [5.41, 5.74) is 0.459. The van der Waals surface area contributed by atoms with Gasteiger partial charge in [-0.1, -0.05) is 0 Å². The number of hydrogen-bond acceptors (Lipinski definition) is 6. The third kappa shape index (κ3) is 3.84. The predicted octanol–water partition coefficient (Wildman–Crippen LogP) is 1.99. The predicted molar refractivity (Wildman–Crippen MR) is 75.3 cm³/mol. The van der Waals surface area contributed by atoms with Crippen LogP contribution in [0.3, 0.4) is 0 Å². The zero-order chi connectivity index (χ0) is 14.4. The van der Waals surface area contributed by atoms with Crippen molar-refractivity contribution in [3.8, 4) is 6.07 Å². The quantitative estimate of drug-likeness (QED) is 0.611. The number of nitro benzene ring substituents is 1. The molecule has 0 saturated heterocycles. The minimum absolute atomic E-state index is 0.0145. The lowest BCUT2D eigenvalue weighted by atomic mass is 10.1. The molecule has 0 aliphatic heterocycles. The van der Waals surface area contributed by atoms with Gasteiger partial charge in [0.05, 0.1) is 23.2 Å². The Balaban J connectivity index is 3.01. The van der Waals surface area contributed by atoms with Crippen molar-refractivity contribution in [1.29, 1.82) is 5.26 Å². The molecule has 0 radical (unpaired) electrons. The number of nitrogens with one attached hydrogen (secondary N) is 1. The third-order valence-electron chi connectivity index (χ3n) is 2.75. The van der Waals surface area contributed by atoms with Crippen LogP contribution in [0.2, 0.25) is 0 Å². The molecule has 2 N–H and O–H groups in total. The van der Waals surface area contributed by atoms with Crippen molar-refractivity contribution >= 4 is 23.1 Å². The Morgan fingerprint density at radius 2 is 2.32 bits per heavy atom. The molecule has 0 amide bonds. The molecule has 1 rings (SSSR count). The number of hydrogen-bond donors (Lipinski definition) is 2. The first-order valence-corrected chi connectivity index (χ1v) is 6.91. The van der Waals surface area contributed by atoms with E-state index in [1.807, 2.05) is 19.2 Å². The Bertz CT molecular complexity index is 497. The van der Waals surface area contributed by atoms with Gasteiger partial charge in [-0.3, -0.25) is 10.1 Å². The monoisotopic (exact) mass is 281 g/mol. The van der Waals surface area contributed by atoms with E-state index in [-0.39, 0.29) is 29.1 Å². The lowest BCUT2D eigenvalue weighted by molar-refractivity contribution is -0.384. The van der Waals surface area contributed by atoms with Gasteiger partial charge in [0.1, 0.15) is 5.69 Å². The van der Waals surface area contributed by atoms with Crippen LogP contribution in [-0.4, -0.2) is 34.2 Å². The van der Waals surface area contributed by atoms with Gasteiger partial charge in [0, 0.05) is 17.4 Å². The number of thioether (sulfide) groups is 1. The summed E-state index contributed by atoms with van der Waals surface area (Å²) in [5, 5.41) is 31.9. The van der Waals surface area contributed by atoms with Crippen molar-refractivity contribution in [1.82, 2.24) is 0 Å². The largest absolute Gasteiger partial charge is 0.395 e. The van der Waals surface area contributed by atoms with Crippen molar-refractivity contribution in [2.24, 2.45) is 0 Å². The number of nitro groups is 1. The van der Waals surface area contributed by atoms with E-state index in [9.17, 15) is 15.2 Å². The van der Waals surface area contributed by atoms with E-state index in [2.05, 4.69) is 5.32 Å². The zero-order valence-corrected chi connectivity index (χ0v) is 11.5. The molecule has 102 valence electrons. The molecule has 1 aromatic carbocycles. The first kappa shape index (κ1) is 15.3. The molecule has 19 heavy (non-hydrogen) atoms. The Labute approximate surface area is 115 Å². The van der Waals surface area contributed by atoms with Crippen molar-refractivity contribution < 1.29 is 10.0 Å². The van der Waals surface area contributed by atoms with E-state index in [1.165, 1.54) is 30.0 Å². The Hall–Kier alpha value is -1.78. The minimum Gasteiger partial charge on any atom is -0.395 e. The van der Waals surface area contributed by atoms with E-state index in [0.29, 0.717) is 5.69 Å². The van der Waals surface area contributed by atoms with Gasteiger partial charge in [0.15, 0.2) is 0 Å². The van der Waals surface area contributed by atoms with Crippen LogP contribution in [-0.2, 0) is 0 Å². The van der Waals surface area contributed by atoms with Crippen LogP contribution in [0, 0.1) is 21.4 Å². The molecule has 0 saturated carbocycles. The van der Waals surface area contributed by atoms with Gasteiger partial charge in [0.25, 0.3) is 5.69 Å². The van der Waals surface area contributed by atoms with Crippen molar-refractivity contribution in [2.45, 2.75) is 18.2 Å². The van der Waals surface area contributed by atoms with Crippen molar-refractivity contribution in [3.05, 3.63) is 33.9 Å². The number of anilines is 1. The highest BCUT2D eigenvalue weighted by molar-refractivity contribution is 7.99. The van der Waals surface area contributed by atoms with E-state index in [4.69, 9.17) is 5.26 Å². The standard InChI is InChI=1S/C12H15N3O3S/c1-8(12(7-16)19-2)14-10-4-3-9(6-13)5-11(10)15(17)18/h3-5,8,12,14,16H,7H2,1-2H3. The molecule has 0 fully saturated rings. The molecule has 0 heterocycles. The topological polar surface area (TPSA) is 99.2 Å². The van der Waals surface area contributed by atoms with Crippen LogP contribution in [0.15, 0.2) is 18.2 Å². The fourth-order valence-electron chi connectivity index (χ4n) is 1.65. The number of aliphatic hydroxyl groups is 1. The lowest BCUT2D eigenvalue weighted by Crippen LogP contribution is -2.31. The maximum absolute atomic E-state index is 11.0. The van der Waals surface area contributed by atoms with Gasteiger partial charge in [-0.15, -0.1) is 0 Å². The summed E-state index contributed by atoms with van der Waals surface area (Å²) in [6.07, 6.45) is 1.87. The van der Waals surface area contributed by atoms with Crippen LogP contribution >= 0.6 is 11.8 Å². The van der Waals surface area contributed by atoms with Gasteiger partial charge >= 0.3 is 0 Å². The second-order valence-corrected chi connectivity index (χ2v) is 5.07. The second kappa shape index (κ2) is 6.97. The normalized spacial score (nSPS) is 13.4. The molecule has 0 spiro atoms. The maximum Gasteiger partial charge on any atom is 0.293 e. The average molecular weight is 281 g/mol. The van der Waals surface area contributed by atoms with Gasteiger partial charge < -0.3 is 10.4 Å². The molecule has 0 aromatic heterocycles. The molecule has 1 aromatic rings. The summed E-state index contributed by atoms with van der Waals surface area (Å²) in [6.45, 7) is 1.83. The zero-order valence-electron chi connectivity index (χ0n) is 10.7. The van der Waals surface area contributed by atoms with Crippen LogP contribution in [0.5, 0.6) is 0 Å². The number of nitrogens with zero attached hydrogens (tertiary/aromatic N) is 2. The molecule has 0 aliphatic rings. The van der Waals surface area contributed by atoms with Crippen molar-refractivity contribution in [3.63, 3.8) is 0 Å². The van der Waals surface area contributed by atoms with Crippen LogP contribution < -0.4 is 5.32 Å². The Kier molecular flexibility index (Phi) is 5.60. The van der Waals surface area contributed by atoms with Crippen LogP contribution in [0.1, 0.15) is 12.5 Å². The van der Waals surface area contributed by atoms with Gasteiger partial charge in [-0.25, -0.2) is 0 Å². The number of benzene rings is 1. The summed E-state index contributed by atoms with van der Waals surface area (Å²) in [7, 11) is 0. The summed E-state index contributed by atoms with van der Waals surface area (Å²) in [5.74, 6) is 0. The molecule has 6 nitrogen and oxygen atoms in total. The van der Waals surface area contributed by atoms with Gasteiger partial charge in [-0.2, -0.15) is 17.0 Å². The van der Waals surface area contributed by atoms with E-state index >= 15 is 0 Å². The maximum atomic E-state index is 11.0. The van der Waals surface area contributed by atoms with E-state index < -0.39 is 4.92 Å². The smallest absolute Gasteiger partial charge is 0.293 e. The number of nitriles is 1. The van der Waals surface area contributed by atoms with Crippen molar-refractivity contribution in [2.75, 3.05) is 18.2 Å². The summed E-state index contributed by atoms with van der Waals surface area (Å²) >= 11 is 1.48. The Morgan fingerprint density at radius 1 is 1.63 bits per heavy atom. The molecule has 0 bridgehead atoms. The van der Waals surface area contributed by atoms with Crippen LogP contribution in [0.25, 0.3) is 0 Å². The third-order valence-corrected chi connectivity index (χ3v) is 3.91. The lowest BCUT2D eigenvalue weighted by Gasteiger charge is -2.22. The van der Waals surface area contributed by atoms with Crippen LogP contribution in [0.4, 0.5) is 11.4 Å². The van der Waals surface area contributed by atoms with E-state index in [1.54, 1.807) is 0 Å². The highest BCUT2D eigenvalue weighted by atomic mass is 32.2. The summed E-state index contributed by atoms with van der Waals surface area (Å²) in [6, 6.07) is 6.02. The fraction of sp³-hybridized carbons (Fsp3) is 0.417. The molecule has 7 heteroatoms. The summed E-state index contributed by atoms with van der Waals surface area (Å²) in [4.78, 5) is 10.5. The van der Waals surface area contributed by atoms with Gasteiger partial charge in [-0.05, 0) is 25.3 Å². The van der Waals surface area contributed by atoms with E-state index in [0.717, 1.165) is 0 Å². The summed E-state index contributed by atoms with van der Waals surface area (Å²) < 4.78 is 0. The Morgan fingerprint density at radius 3 is 2.79 bits per heavy atom. The molecular formula is C12H15N3O3S. The minimum atomic E-state index is -0.525. The molecule has 2 atom stereocenters. The van der Waals surface area contributed by atoms with Gasteiger partial charge in [0.2, 0.25) is 0 Å². The molecule has 0 aliphatic carbocycles. The number of aliphatic hydroxyl groups excluding tert-OH is 1. The number of rotatable bonds is 6. The fourth-order valence-corrected chi connectivity index (χ4v) is 2.27.